The van der Waals surface area contributed by atoms with Gasteiger partial charge in [-0.25, -0.2) is 4.98 Å². The van der Waals surface area contributed by atoms with E-state index in [-0.39, 0.29) is 0 Å². The maximum atomic E-state index is 6.32. The van der Waals surface area contributed by atoms with Crippen molar-refractivity contribution in [1.29, 1.82) is 0 Å². The van der Waals surface area contributed by atoms with Gasteiger partial charge in [0.15, 0.2) is 17.3 Å². The molecule has 1 heterocycles. The van der Waals surface area contributed by atoms with Crippen LogP contribution >= 0.6 is 0 Å². The number of rotatable bonds is 7. The summed E-state index contributed by atoms with van der Waals surface area (Å²) >= 11 is 0. The van der Waals surface area contributed by atoms with E-state index in [1.54, 1.807) is 14.2 Å². The molecule has 0 fully saturated rings. The summed E-state index contributed by atoms with van der Waals surface area (Å²) < 4.78 is 16.2. The van der Waals surface area contributed by atoms with Gasteiger partial charge in [0, 0.05) is 5.56 Å². The highest BCUT2D eigenvalue weighted by Gasteiger charge is 2.16. The van der Waals surface area contributed by atoms with Crippen LogP contribution in [0.4, 0.5) is 0 Å². The molecule has 0 radical (unpaired) electrons. The third-order valence-electron chi connectivity index (χ3n) is 3.97. The second-order valence-corrected chi connectivity index (χ2v) is 5.60. The summed E-state index contributed by atoms with van der Waals surface area (Å²) in [5, 5.41) is 7.20. The predicted octanol–water partition coefficient (Wildman–Crippen LogP) is 2.94. The first kappa shape index (κ1) is 17.8. The van der Waals surface area contributed by atoms with E-state index in [1.807, 2.05) is 49.4 Å². The van der Waals surface area contributed by atoms with Crippen molar-refractivity contribution in [1.82, 2.24) is 15.2 Å². The lowest BCUT2D eigenvalue weighted by Crippen LogP contribution is -2.13. The molecule has 26 heavy (non-hydrogen) atoms. The van der Waals surface area contributed by atoms with E-state index in [9.17, 15) is 0 Å². The zero-order valence-corrected chi connectivity index (χ0v) is 15.0. The third kappa shape index (κ3) is 3.62. The third-order valence-corrected chi connectivity index (χ3v) is 3.97. The predicted molar refractivity (Wildman–Crippen MR) is 98.6 cm³/mol. The summed E-state index contributed by atoms with van der Waals surface area (Å²) in [7, 11) is 3.22. The van der Waals surface area contributed by atoms with Crippen molar-refractivity contribution in [3.8, 4) is 28.6 Å². The molecule has 0 aliphatic rings. The van der Waals surface area contributed by atoms with Crippen LogP contribution in [0.15, 0.2) is 42.5 Å². The number of methoxy groups -OCH3 is 2. The van der Waals surface area contributed by atoms with Crippen LogP contribution < -0.4 is 19.9 Å². The molecule has 136 valence electrons. The molecule has 3 rings (SSSR count). The first-order valence-corrected chi connectivity index (χ1v) is 8.29. The summed E-state index contributed by atoms with van der Waals surface area (Å²) in [6, 6.07) is 12.7. The van der Waals surface area contributed by atoms with Gasteiger partial charge in [-0.1, -0.05) is 12.1 Å². The average Bonchev–Trinajstić information content (AvgIpc) is 3.18. The van der Waals surface area contributed by atoms with Crippen LogP contribution in [-0.2, 0) is 0 Å². The lowest BCUT2D eigenvalue weighted by Gasteiger charge is -2.10. The Bertz CT molecular complexity index is 879. The topological polar surface area (TPSA) is 95.3 Å². The van der Waals surface area contributed by atoms with Gasteiger partial charge in [-0.05, 0) is 42.8 Å². The highest BCUT2D eigenvalue weighted by molar-refractivity contribution is 5.61. The van der Waals surface area contributed by atoms with E-state index in [4.69, 9.17) is 19.9 Å². The molecule has 0 bridgehead atoms. The highest BCUT2D eigenvalue weighted by atomic mass is 16.5. The SMILES string of the molecule is CCOc1ccc(-c2n[nH]c([C@@H](N)c3cccc(OC)c3)n2)cc1OC. The first-order chi connectivity index (χ1) is 12.7. The Morgan fingerprint density at radius 2 is 1.92 bits per heavy atom. The van der Waals surface area contributed by atoms with Crippen LogP contribution in [0.25, 0.3) is 11.4 Å². The van der Waals surface area contributed by atoms with Crippen molar-refractivity contribution >= 4 is 0 Å². The first-order valence-electron chi connectivity index (χ1n) is 8.29. The Kier molecular flexibility index (Phi) is 5.38. The maximum absolute atomic E-state index is 6.32. The zero-order valence-electron chi connectivity index (χ0n) is 15.0. The van der Waals surface area contributed by atoms with Gasteiger partial charge in [-0.3, -0.25) is 5.10 Å². The Balaban J connectivity index is 1.87. The summed E-state index contributed by atoms with van der Waals surface area (Å²) in [6.45, 7) is 2.49. The molecule has 0 saturated carbocycles. The van der Waals surface area contributed by atoms with E-state index in [1.165, 1.54) is 0 Å². The number of nitrogens with two attached hydrogens (primary N) is 1. The zero-order chi connectivity index (χ0) is 18.5. The number of hydrogen-bond acceptors (Lipinski definition) is 6. The van der Waals surface area contributed by atoms with E-state index in [2.05, 4.69) is 15.2 Å². The fraction of sp³-hybridized carbons (Fsp3) is 0.263. The summed E-state index contributed by atoms with van der Waals surface area (Å²) in [6.07, 6.45) is 0. The number of hydrogen-bond donors (Lipinski definition) is 2. The van der Waals surface area contributed by atoms with Crippen LogP contribution in [0, 0.1) is 0 Å². The second kappa shape index (κ2) is 7.88. The van der Waals surface area contributed by atoms with Crippen molar-refractivity contribution in [3.05, 3.63) is 53.9 Å². The molecule has 0 unspecified atom stereocenters. The molecular weight excluding hydrogens is 332 g/mol. The normalized spacial score (nSPS) is 11.8. The molecule has 3 N–H and O–H groups in total. The molecule has 3 aromatic rings. The molecule has 0 spiro atoms. The molecule has 1 aromatic heterocycles. The maximum Gasteiger partial charge on any atom is 0.181 e. The number of nitrogens with one attached hydrogen (secondary N) is 1. The molecule has 1 atom stereocenters. The summed E-state index contributed by atoms with van der Waals surface area (Å²) in [5.74, 6) is 3.17. The minimum absolute atomic E-state index is 0.434. The monoisotopic (exact) mass is 354 g/mol. The largest absolute Gasteiger partial charge is 0.497 e. The van der Waals surface area contributed by atoms with Gasteiger partial charge in [-0.2, -0.15) is 5.10 Å². The number of benzene rings is 2. The fourth-order valence-electron chi connectivity index (χ4n) is 2.62. The lowest BCUT2D eigenvalue weighted by atomic mass is 10.1. The highest BCUT2D eigenvalue weighted by Crippen LogP contribution is 2.32. The van der Waals surface area contributed by atoms with Crippen molar-refractivity contribution in [2.75, 3.05) is 20.8 Å². The van der Waals surface area contributed by atoms with Crippen LogP contribution in [-0.4, -0.2) is 36.0 Å². The minimum Gasteiger partial charge on any atom is -0.497 e. The van der Waals surface area contributed by atoms with Gasteiger partial charge >= 0.3 is 0 Å². The van der Waals surface area contributed by atoms with Crippen molar-refractivity contribution in [2.24, 2.45) is 5.73 Å². The van der Waals surface area contributed by atoms with Crippen LogP contribution in [0.5, 0.6) is 17.2 Å². The molecule has 7 nitrogen and oxygen atoms in total. The Labute approximate surface area is 152 Å². The molecule has 0 aliphatic carbocycles. The molecular formula is C19H22N4O3. The Hall–Kier alpha value is -3.06. The standard InChI is InChI=1S/C19H22N4O3/c1-4-26-15-9-8-13(11-16(15)25-3)18-21-19(23-22-18)17(20)12-6-5-7-14(10-12)24-2/h5-11,17H,4,20H2,1-3H3,(H,21,22,23)/t17-/m0/s1. The Morgan fingerprint density at radius 3 is 2.65 bits per heavy atom. The number of H-pyrrole nitrogens is 1. The fourth-order valence-corrected chi connectivity index (χ4v) is 2.62. The van der Waals surface area contributed by atoms with Crippen molar-refractivity contribution in [2.45, 2.75) is 13.0 Å². The minimum atomic E-state index is -0.434. The number of aromatic nitrogens is 3. The smallest absolute Gasteiger partial charge is 0.181 e. The number of ether oxygens (including phenoxy) is 3. The average molecular weight is 354 g/mol. The van der Waals surface area contributed by atoms with Crippen LogP contribution in [0.2, 0.25) is 0 Å². The van der Waals surface area contributed by atoms with E-state index in [0.717, 1.165) is 16.9 Å². The Morgan fingerprint density at radius 1 is 1.08 bits per heavy atom. The van der Waals surface area contributed by atoms with E-state index >= 15 is 0 Å². The van der Waals surface area contributed by atoms with Crippen LogP contribution in [0.3, 0.4) is 0 Å². The summed E-state index contributed by atoms with van der Waals surface area (Å²) in [5.41, 5.74) is 8.01. The van der Waals surface area contributed by atoms with E-state index < -0.39 is 6.04 Å². The van der Waals surface area contributed by atoms with E-state index in [0.29, 0.717) is 29.8 Å². The molecule has 0 saturated heterocycles. The molecule has 0 aliphatic heterocycles. The second-order valence-electron chi connectivity index (χ2n) is 5.60. The number of aromatic amines is 1. The quantitative estimate of drug-likeness (QED) is 0.677. The van der Waals surface area contributed by atoms with Gasteiger partial charge < -0.3 is 19.9 Å². The van der Waals surface area contributed by atoms with Gasteiger partial charge in [0.2, 0.25) is 0 Å². The summed E-state index contributed by atoms with van der Waals surface area (Å²) in [4.78, 5) is 4.53. The van der Waals surface area contributed by atoms with Crippen LogP contribution in [0.1, 0.15) is 24.4 Å². The molecule has 0 amide bonds. The van der Waals surface area contributed by atoms with Gasteiger partial charge in [0.05, 0.1) is 26.9 Å². The lowest BCUT2D eigenvalue weighted by molar-refractivity contribution is 0.311. The van der Waals surface area contributed by atoms with Gasteiger partial charge in [0.25, 0.3) is 0 Å². The molecule has 7 heteroatoms. The van der Waals surface area contributed by atoms with Gasteiger partial charge in [0.1, 0.15) is 11.6 Å². The molecule has 2 aromatic carbocycles. The van der Waals surface area contributed by atoms with Gasteiger partial charge in [-0.15, -0.1) is 0 Å². The number of nitrogens with zero attached hydrogens (tertiary/aromatic N) is 2. The van der Waals surface area contributed by atoms with Crippen molar-refractivity contribution < 1.29 is 14.2 Å². The van der Waals surface area contributed by atoms with Crippen molar-refractivity contribution in [3.63, 3.8) is 0 Å².